The van der Waals surface area contributed by atoms with Crippen LogP contribution < -0.4 is 11.1 Å². The predicted octanol–water partition coefficient (Wildman–Crippen LogP) is 0.348. The SMILES string of the molecule is NC(=S)NCc1cc[nH]c1. The highest BCUT2D eigenvalue weighted by molar-refractivity contribution is 7.80. The van der Waals surface area contributed by atoms with Gasteiger partial charge in [-0.25, -0.2) is 0 Å². The molecule has 0 aliphatic carbocycles. The van der Waals surface area contributed by atoms with Crippen LogP contribution in [-0.2, 0) is 6.54 Å². The molecule has 0 radical (unpaired) electrons. The Morgan fingerprint density at radius 3 is 3.10 bits per heavy atom. The average molecular weight is 155 g/mol. The van der Waals surface area contributed by atoms with Gasteiger partial charge in [-0.1, -0.05) is 0 Å². The molecule has 0 aliphatic heterocycles. The van der Waals surface area contributed by atoms with Crippen LogP contribution in [0.5, 0.6) is 0 Å². The zero-order chi connectivity index (χ0) is 7.40. The average Bonchev–Trinajstić information content (AvgIpc) is 2.34. The monoisotopic (exact) mass is 155 g/mol. The standard InChI is InChI=1S/C6H9N3S/c7-6(10)9-4-5-1-2-8-3-5/h1-3,8H,4H2,(H3,7,9,10). The molecule has 0 bridgehead atoms. The first-order valence-corrected chi connectivity index (χ1v) is 3.35. The van der Waals surface area contributed by atoms with Crippen LogP contribution in [0.1, 0.15) is 5.56 Å². The fourth-order valence-corrected chi connectivity index (χ4v) is 0.730. The maximum atomic E-state index is 5.22. The topological polar surface area (TPSA) is 53.8 Å². The minimum Gasteiger partial charge on any atom is -0.376 e. The van der Waals surface area contributed by atoms with Gasteiger partial charge in [0.1, 0.15) is 0 Å². The second kappa shape index (κ2) is 3.22. The molecule has 0 aliphatic rings. The van der Waals surface area contributed by atoms with E-state index in [1.54, 1.807) is 0 Å². The predicted molar refractivity (Wildman–Crippen MR) is 44.4 cm³/mol. The zero-order valence-corrected chi connectivity index (χ0v) is 6.24. The molecule has 1 rings (SSSR count). The summed E-state index contributed by atoms with van der Waals surface area (Å²) >= 11 is 4.63. The second-order valence-electron chi connectivity index (χ2n) is 1.94. The van der Waals surface area contributed by atoms with Crippen LogP contribution in [0.2, 0.25) is 0 Å². The minimum atomic E-state index is 0.334. The highest BCUT2D eigenvalue weighted by Gasteiger charge is 1.90. The lowest BCUT2D eigenvalue weighted by atomic mass is 10.3. The Morgan fingerprint density at radius 2 is 2.60 bits per heavy atom. The van der Waals surface area contributed by atoms with E-state index < -0.39 is 0 Å². The van der Waals surface area contributed by atoms with Gasteiger partial charge in [-0.05, 0) is 23.8 Å². The van der Waals surface area contributed by atoms with Gasteiger partial charge in [0, 0.05) is 18.9 Å². The van der Waals surface area contributed by atoms with Gasteiger partial charge in [-0.15, -0.1) is 0 Å². The fourth-order valence-electron chi connectivity index (χ4n) is 0.658. The summed E-state index contributed by atoms with van der Waals surface area (Å²) in [6.45, 7) is 0.693. The number of aromatic amines is 1. The van der Waals surface area contributed by atoms with Gasteiger partial charge >= 0.3 is 0 Å². The van der Waals surface area contributed by atoms with Crippen molar-refractivity contribution in [3.8, 4) is 0 Å². The third-order valence-electron chi connectivity index (χ3n) is 1.13. The third kappa shape index (κ3) is 2.06. The van der Waals surface area contributed by atoms with Crippen molar-refractivity contribution in [3.63, 3.8) is 0 Å². The fraction of sp³-hybridized carbons (Fsp3) is 0.167. The minimum absolute atomic E-state index is 0.334. The molecule has 1 heterocycles. The number of H-pyrrole nitrogens is 1. The van der Waals surface area contributed by atoms with Crippen LogP contribution in [0.4, 0.5) is 0 Å². The summed E-state index contributed by atoms with van der Waals surface area (Å²) < 4.78 is 0. The molecule has 0 aromatic carbocycles. The quantitative estimate of drug-likeness (QED) is 0.540. The van der Waals surface area contributed by atoms with Crippen molar-refractivity contribution in [2.45, 2.75) is 6.54 Å². The Morgan fingerprint density at radius 1 is 1.80 bits per heavy atom. The summed E-state index contributed by atoms with van der Waals surface area (Å²) in [7, 11) is 0. The summed E-state index contributed by atoms with van der Waals surface area (Å²) in [5, 5.41) is 3.17. The first-order chi connectivity index (χ1) is 4.79. The van der Waals surface area contributed by atoms with E-state index in [0.29, 0.717) is 11.7 Å². The lowest BCUT2D eigenvalue weighted by molar-refractivity contribution is 0.922. The largest absolute Gasteiger partial charge is 0.376 e. The second-order valence-corrected chi connectivity index (χ2v) is 2.38. The van der Waals surface area contributed by atoms with Crippen LogP contribution in [0, 0.1) is 0 Å². The lowest BCUT2D eigenvalue weighted by Crippen LogP contribution is -2.28. The van der Waals surface area contributed by atoms with Crippen LogP contribution in [0.3, 0.4) is 0 Å². The van der Waals surface area contributed by atoms with Gasteiger partial charge in [-0.3, -0.25) is 0 Å². The van der Waals surface area contributed by atoms with E-state index in [0.717, 1.165) is 5.56 Å². The number of nitrogens with one attached hydrogen (secondary N) is 2. The van der Waals surface area contributed by atoms with Crippen LogP contribution in [0.15, 0.2) is 18.5 Å². The molecule has 4 heteroatoms. The molecule has 0 saturated heterocycles. The van der Waals surface area contributed by atoms with E-state index in [4.69, 9.17) is 5.73 Å². The van der Waals surface area contributed by atoms with Crippen molar-refractivity contribution >= 4 is 17.3 Å². The van der Waals surface area contributed by atoms with Gasteiger partial charge in [0.05, 0.1) is 0 Å². The molecule has 0 saturated carbocycles. The van der Waals surface area contributed by atoms with Gasteiger partial charge in [0.2, 0.25) is 0 Å². The Balaban J connectivity index is 2.35. The van der Waals surface area contributed by atoms with Gasteiger partial charge in [0.25, 0.3) is 0 Å². The molecule has 1 aromatic heterocycles. The van der Waals surface area contributed by atoms with Crippen molar-refractivity contribution in [2.75, 3.05) is 0 Å². The van der Waals surface area contributed by atoms with Gasteiger partial charge in [-0.2, -0.15) is 0 Å². The first-order valence-electron chi connectivity index (χ1n) is 2.94. The molecule has 0 unspecified atom stereocenters. The Kier molecular flexibility index (Phi) is 2.28. The number of rotatable bonds is 2. The Hall–Kier alpha value is -1.03. The highest BCUT2D eigenvalue weighted by Crippen LogP contribution is 1.93. The van der Waals surface area contributed by atoms with E-state index >= 15 is 0 Å². The number of aromatic nitrogens is 1. The van der Waals surface area contributed by atoms with E-state index in [1.165, 1.54) is 0 Å². The number of thiocarbonyl (C=S) groups is 1. The smallest absolute Gasteiger partial charge is 0.163 e. The van der Waals surface area contributed by atoms with Crippen LogP contribution >= 0.6 is 12.2 Å². The van der Waals surface area contributed by atoms with Crippen molar-refractivity contribution in [2.24, 2.45) is 5.73 Å². The molecule has 0 spiro atoms. The molecular weight excluding hydrogens is 146 g/mol. The highest BCUT2D eigenvalue weighted by atomic mass is 32.1. The molecule has 0 fully saturated rings. The normalized spacial score (nSPS) is 9.20. The summed E-state index contributed by atoms with van der Waals surface area (Å²) in [6.07, 6.45) is 3.75. The molecule has 10 heavy (non-hydrogen) atoms. The molecule has 0 atom stereocenters. The summed E-state index contributed by atoms with van der Waals surface area (Å²) in [4.78, 5) is 2.93. The summed E-state index contributed by atoms with van der Waals surface area (Å²) in [6, 6.07) is 1.96. The Bertz CT molecular complexity index is 205. The maximum Gasteiger partial charge on any atom is 0.163 e. The molecule has 1 aromatic rings. The zero-order valence-electron chi connectivity index (χ0n) is 5.42. The van der Waals surface area contributed by atoms with Crippen LogP contribution in [0.25, 0.3) is 0 Å². The summed E-state index contributed by atoms with van der Waals surface area (Å²) in [5.74, 6) is 0. The molecule has 54 valence electrons. The van der Waals surface area contributed by atoms with E-state index in [-0.39, 0.29) is 0 Å². The van der Waals surface area contributed by atoms with Crippen LogP contribution in [-0.4, -0.2) is 10.1 Å². The van der Waals surface area contributed by atoms with Crippen molar-refractivity contribution in [3.05, 3.63) is 24.0 Å². The van der Waals surface area contributed by atoms with E-state index in [2.05, 4.69) is 22.5 Å². The maximum absolute atomic E-state index is 5.22. The lowest BCUT2D eigenvalue weighted by Gasteiger charge is -1.98. The van der Waals surface area contributed by atoms with Crippen molar-refractivity contribution in [1.82, 2.24) is 10.3 Å². The number of hydrogen-bond donors (Lipinski definition) is 3. The molecular formula is C6H9N3S. The van der Waals surface area contributed by atoms with E-state index in [1.807, 2.05) is 18.5 Å². The Labute approximate surface area is 64.6 Å². The number of nitrogens with two attached hydrogens (primary N) is 1. The van der Waals surface area contributed by atoms with Gasteiger partial charge in [0.15, 0.2) is 5.11 Å². The summed E-state index contributed by atoms with van der Waals surface area (Å²) in [5.41, 5.74) is 6.37. The van der Waals surface area contributed by atoms with E-state index in [9.17, 15) is 0 Å². The number of hydrogen-bond acceptors (Lipinski definition) is 1. The third-order valence-corrected chi connectivity index (χ3v) is 1.27. The van der Waals surface area contributed by atoms with Crippen molar-refractivity contribution in [1.29, 1.82) is 0 Å². The first kappa shape index (κ1) is 7.08. The van der Waals surface area contributed by atoms with Gasteiger partial charge < -0.3 is 16.0 Å². The molecule has 3 nitrogen and oxygen atoms in total. The molecule has 4 N–H and O–H groups in total. The molecule has 0 amide bonds. The van der Waals surface area contributed by atoms with Crippen molar-refractivity contribution < 1.29 is 0 Å².